The molecule has 1 aliphatic rings. The van der Waals surface area contributed by atoms with Crippen LogP contribution in [0.3, 0.4) is 0 Å². The lowest BCUT2D eigenvalue weighted by Crippen LogP contribution is -2.53. The minimum atomic E-state index is -0.880. The Morgan fingerprint density at radius 2 is 1.90 bits per heavy atom. The first-order valence-electron chi connectivity index (χ1n) is 7.43. The van der Waals surface area contributed by atoms with E-state index in [1.807, 2.05) is 6.92 Å². The second kappa shape index (κ2) is 8.09. The van der Waals surface area contributed by atoms with Crippen molar-refractivity contribution in [1.29, 1.82) is 0 Å². The van der Waals surface area contributed by atoms with E-state index in [-0.39, 0.29) is 25.6 Å². The molecule has 6 heteroatoms. The third-order valence-corrected chi connectivity index (χ3v) is 3.86. The minimum absolute atomic E-state index is 0.0283. The predicted molar refractivity (Wildman–Crippen MR) is 75.6 cm³/mol. The molecule has 0 aromatic carbocycles. The Labute approximate surface area is 120 Å². The molecule has 0 unspecified atom stereocenters. The third kappa shape index (κ3) is 5.00. The number of carbonyl (C=O) groups excluding carboxylic acids is 1. The number of urea groups is 1. The van der Waals surface area contributed by atoms with Gasteiger partial charge in [-0.1, -0.05) is 26.2 Å². The quantitative estimate of drug-likeness (QED) is 0.632. The van der Waals surface area contributed by atoms with Gasteiger partial charge in [-0.15, -0.1) is 0 Å². The molecular weight excluding hydrogens is 260 g/mol. The van der Waals surface area contributed by atoms with Crippen molar-refractivity contribution in [3.05, 3.63) is 0 Å². The van der Waals surface area contributed by atoms with Crippen molar-refractivity contribution in [2.24, 2.45) is 0 Å². The first-order valence-corrected chi connectivity index (χ1v) is 7.43. The summed E-state index contributed by atoms with van der Waals surface area (Å²) in [6.45, 7) is 2.84. The number of hydrogen-bond donors (Lipinski definition) is 3. The van der Waals surface area contributed by atoms with Gasteiger partial charge in [0.25, 0.3) is 0 Å². The van der Waals surface area contributed by atoms with Crippen LogP contribution < -0.4 is 5.32 Å². The van der Waals surface area contributed by atoms with E-state index in [1.165, 1.54) is 0 Å². The van der Waals surface area contributed by atoms with Gasteiger partial charge < -0.3 is 20.4 Å². The number of carboxylic acids is 1. The van der Waals surface area contributed by atoms with Gasteiger partial charge in [-0.3, -0.25) is 4.79 Å². The molecule has 0 spiro atoms. The summed E-state index contributed by atoms with van der Waals surface area (Å²) in [4.78, 5) is 24.9. The van der Waals surface area contributed by atoms with Crippen molar-refractivity contribution in [3.8, 4) is 0 Å². The maximum atomic E-state index is 12.3. The molecule has 0 aliphatic heterocycles. The Morgan fingerprint density at radius 1 is 1.25 bits per heavy atom. The van der Waals surface area contributed by atoms with Crippen molar-refractivity contribution in [3.63, 3.8) is 0 Å². The smallest absolute Gasteiger partial charge is 0.317 e. The van der Waals surface area contributed by atoms with Crippen molar-refractivity contribution < 1.29 is 19.8 Å². The SMILES string of the molecule is CCCCN(CCO)C(=O)NC1(CC(=O)O)CCCC1. The van der Waals surface area contributed by atoms with Crippen molar-refractivity contribution in [1.82, 2.24) is 10.2 Å². The van der Waals surface area contributed by atoms with Crippen LogP contribution in [0.25, 0.3) is 0 Å². The molecule has 1 saturated carbocycles. The van der Waals surface area contributed by atoms with Gasteiger partial charge in [-0.05, 0) is 19.3 Å². The van der Waals surface area contributed by atoms with Crippen LogP contribution in [0.1, 0.15) is 51.9 Å². The number of nitrogens with zero attached hydrogens (tertiary/aromatic N) is 1. The summed E-state index contributed by atoms with van der Waals surface area (Å²) in [5.41, 5.74) is -0.608. The highest BCUT2D eigenvalue weighted by Crippen LogP contribution is 2.32. The van der Waals surface area contributed by atoms with Gasteiger partial charge >= 0.3 is 12.0 Å². The lowest BCUT2D eigenvalue weighted by molar-refractivity contribution is -0.138. The van der Waals surface area contributed by atoms with Crippen LogP contribution in [0.2, 0.25) is 0 Å². The van der Waals surface area contributed by atoms with E-state index in [0.717, 1.165) is 25.7 Å². The molecule has 1 fully saturated rings. The Hall–Kier alpha value is -1.30. The van der Waals surface area contributed by atoms with E-state index in [4.69, 9.17) is 10.2 Å². The second-order valence-electron chi connectivity index (χ2n) is 5.55. The Balaban J connectivity index is 2.65. The number of amides is 2. The Bertz CT molecular complexity index is 327. The van der Waals surface area contributed by atoms with Crippen LogP contribution in [0, 0.1) is 0 Å². The molecule has 2 amide bonds. The molecule has 0 saturated heterocycles. The average Bonchev–Trinajstić information content (AvgIpc) is 2.81. The summed E-state index contributed by atoms with van der Waals surface area (Å²) < 4.78 is 0. The molecule has 0 bridgehead atoms. The van der Waals surface area contributed by atoms with E-state index in [9.17, 15) is 9.59 Å². The van der Waals surface area contributed by atoms with Gasteiger partial charge in [0.2, 0.25) is 0 Å². The van der Waals surface area contributed by atoms with Crippen LogP contribution in [0.5, 0.6) is 0 Å². The van der Waals surface area contributed by atoms with Gasteiger partial charge in [0.1, 0.15) is 0 Å². The highest BCUT2D eigenvalue weighted by atomic mass is 16.4. The van der Waals surface area contributed by atoms with Crippen LogP contribution in [0.4, 0.5) is 4.79 Å². The predicted octanol–water partition coefficient (Wildman–Crippen LogP) is 1.58. The largest absolute Gasteiger partial charge is 0.481 e. The van der Waals surface area contributed by atoms with Gasteiger partial charge in [-0.25, -0.2) is 4.79 Å². The fourth-order valence-corrected chi connectivity index (χ4v) is 2.78. The van der Waals surface area contributed by atoms with Gasteiger partial charge in [-0.2, -0.15) is 0 Å². The van der Waals surface area contributed by atoms with E-state index in [2.05, 4.69) is 5.32 Å². The average molecular weight is 286 g/mol. The summed E-state index contributed by atoms with van der Waals surface area (Å²) in [7, 11) is 0. The zero-order valence-electron chi connectivity index (χ0n) is 12.2. The molecule has 0 aromatic rings. The summed E-state index contributed by atoms with van der Waals surface area (Å²) >= 11 is 0. The maximum absolute atomic E-state index is 12.3. The molecule has 1 aliphatic carbocycles. The van der Waals surface area contributed by atoms with E-state index in [1.54, 1.807) is 4.90 Å². The number of aliphatic hydroxyl groups is 1. The Kier molecular flexibility index (Phi) is 6.78. The molecule has 20 heavy (non-hydrogen) atoms. The van der Waals surface area contributed by atoms with Gasteiger partial charge in [0.05, 0.1) is 18.6 Å². The summed E-state index contributed by atoms with van der Waals surface area (Å²) in [5, 5.41) is 21.0. The topological polar surface area (TPSA) is 89.9 Å². The van der Waals surface area contributed by atoms with Crippen LogP contribution in [-0.2, 0) is 4.79 Å². The van der Waals surface area contributed by atoms with E-state index in [0.29, 0.717) is 19.4 Å². The number of aliphatic hydroxyl groups excluding tert-OH is 1. The first kappa shape index (κ1) is 16.8. The zero-order chi connectivity index (χ0) is 15.0. The monoisotopic (exact) mass is 286 g/mol. The van der Waals surface area contributed by atoms with E-state index < -0.39 is 11.5 Å². The summed E-state index contributed by atoms with van der Waals surface area (Å²) in [6, 6.07) is -0.254. The molecule has 1 rings (SSSR count). The standard InChI is InChI=1S/C14H26N2O4/c1-2-3-8-16(9-10-17)13(20)15-14(11-12(18)19)6-4-5-7-14/h17H,2-11H2,1H3,(H,15,20)(H,18,19). The van der Waals surface area contributed by atoms with E-state index >= 15 is 0 Å². The molecule has 116 valence electrons. The zero-order valence-corrected chi connectivity index (χ0v) is 12.2. The number of carbonyl (C=O) groups is 2. The lowest BCUT2D eigenvalue weighted by Gasteiger charge is -2.32. The summed E-state index contributed by atoms with van der Waals surface area (Å²) in [6.07, 6.45) is 5.14. The lowest BCUT2D eigenvalue weighted by atomic mass is 9.93. The number of carboxylic acid groups (broad SMARTS) is 1. The molecule has 3 N–H and O–H groups in total. The van der Waals surface area contributed by atoms with Gasteiger partial charge in [0, 0.05) is 13.1 Å². The number of aliphatic carboxylic acids is 1. The van der Waals surface area contributed by atoms with Crippen molar-refractivity contribution in [2.75, 3.05) is 19.7 Å². The molecule has 0 radical (unpaired) electrons. The molecule has 0 aromatic heterocycles. The third-order valence-electron chi connectivity index (χ3n) is 3.86. The van der Waals surface area contributed by atoms with Crippen LogP contribution in [-0.4, -0.2) is 52.3 Å². The first-order chi connectivity index (χ1) is 9.53. The molecule has 0 heterocycles. The summed E-state index contributed by atoms with van der Waals surface area (Å²) in [5.74, 6) is -0.880. The fraction of sp³-hybridized carbons (Fsp3) is 0.857. The van der Waals surface area contributed by atoms with Crippen molar-refractivity contribution in [2.45, 2.75) is 57.4 Å². The van der Waals surface area contributed by atoms with Crippen molar-refractivity contribution >= 4 is 12.0 Å². The maximum Gasteiger partial charge on any atom is 0.317 e. The van der Waals surface area contributed by atoms with Crippen LogP contribution in [0.15, 0.2) is 0 Å². The normalized spacial score (nSPS) is 16.9. The highest BCUT2D eigenvalue weighted by Gasteiger charge is 2.38. The highest BCUT2D eigenvalue weighted by molar-refractivity contribution is 5.77. The van der Waals surface area contributed by atoms with Crippen LogP contribution >= 0.6 is 0 Å². The fourth-order valence-electron chi connectivity index (χ4n) is 2.78. The number of nitrogens with one attached hydrogen (secondary N) is 1. The Morgan fingerprint density at radius 3 is 2.40 bits per heavy atom. The number of hydrogen-bond acceptors (Lipinski definition) is 3. The molecule has 6 nitrogen and oxygen atoms in total. The molecule has 0 atom stereocenters. The number of rotatable bonds is 8. The minimum Gasteiger partial charge on any atom is -0.481 e. The molecular formula is C14H26N2O4. The second-order valence-corrected chi connectivity index (χ2v) is 5.55. The van der Waals surface area contributed by atoms with Gasteiger partial charge in [0.15, 0.2) is 0 Å². The number of unbranched alkanes of at least 4 members (excludes halogenated alkanes) is 1.